The van der Waals surface area contributed by atoms with E-state index in [0.717, 1.165) is 0 Å². The Balaban J connectivity index is 4.96. The Bertz CT molecular complexity index is 519. The number of nitrogens with one attached hydrogen (secondary N) is 3. The van der Waals surface area contributed by atoms with E-state index in [9.17, 15) is 24.3 Å². The van der Waals surface area contributed by atoms with E-state index in [1.807, 2.05) is 0 Å². The summed E-state index contributed by atoms with van der Waals surface area (Å²) in [5.41, 5.74) is 10.9. The zero-order chi connectivity index (χ0) is 21.0. The van der Waals surface area contributed by atoms with E-state index < -0.39 is 54.5 Å². The number of amides is 3. The van der Waals surface area contributed by atoms with Crippen LogP contribution in [0.25, 0.3) is 0 Å². The van der Waals surface area contributed by atoms with Crippen LogP contribution >= 0.6 is 12.6 Å². The van der Waals surface area contributed by atoms with E-state index in [-0.39, 0.29) is 12.2 Å². The number of carboxylic acid groups (broad SMARTS) is 1. The Labute approximate surface area is 163 Å². The molecule has 156 valence electrons. The van der Waals surface area contributed by atoms with E-state index >= 15 is 0 Å². The van der Waals surface area contributed by atoms with Gasteiger partial charge in [0.2, 0.25) is 17.7 Å². The van der Waals surface area contributed by atoms with Gasteiger partial charge in [-0.1, -0.05) is 0 Å². The fourth-order valence-corrected chi connectivity index (χ4v) is 2.26. The van der Waals surface area contributed by atoms with Crippen molar-refractivity contribution in [1.29, 1.82) is 0 Å². The topological polar surface area (TPSA) is 197 Å². The highest BCUT2D eigenvalue weighted by Gasteiger charge is 2.28. The molecule has 11 nitrogen and oxygen atoms in total. The lowest BCUT2D eigenvalue weighted by Crippen LogP contribution is -2.58. The molecule has 3 amide bonds. The molecule has 9 N–H and O–H groups in total. The number of carbonyl (C=O) groups is 4. The Morgan fingerprint density at radius 2 is 1.63 bits per heavy atom. The van der Waals surface area contributed by atoms with Crippen LogP contribution in [0.4, 0.5) is 0 Å². The summed E-state index contributed by atoms with van der Waals surface area (Å²) in [7, 11) is 0. The summed E-state index contributed by atoms with van der Waals surface area (Å²) in [6, 6.07) is -3.30. The molecular weight excluding hydrogens is 378 g/mol. The second-order valence-corrected chi connectivity index (χ2v) is 6.33. The van der Waals surface area contributed by atoms with Gasteiger partial charge in [-0.05, 0) is 32.7 Å². The smallest absolute Gasteiger partial charge is 0.322 e. The normalized spacial score (nSPS) is 15.1. The quantitative estimate of drug-likeness (QED) is 0.116. The number of hydrogen-bond donors (Lipinski definition) is 8. The minimum Gasteiger partial charge on any atom is -0.480 e. The molecule has 12 heteroatoms. The lowest BCUT2D eigenvalue weighted by atomic mass is 10.1. The van der Waals surface area contributed by atoms with Crippen molar-refractivity contribution in [3.63, 3.8) is 0 Å². The number of aliphatic carboxylic acids is 1. The van der Waals surface area contributed by atoms with Gasteiger partial charge < -0.3 is 37.6 Å². The Kier molecular flexibility index (Phi) is 12.4. The molecule has 0 aliphatic carbocycles. The molecule has 0 rings (SSSR count). The van der Waals surface area contributed by atoms with E-state index in [0.29, 0.717) is 19.4 Å². The summed E-state index contributed by atoms with van der Waals surface area (Å²) >= 11 is 4.00. The highest BCUT2D eigenvalue weighted by Crippen LogP contribution is 2.03. The van der Waals surface area contributed by atoms with Crippen molar-refractivity contribution >= 4 is 36.3 Å². The number of carbonyl (C=O) groups excluding carboxylic acids is 3. The van der Waals surface area contributed by atoms with Crippen LogP contribution in [-0.2, 0) is 19.2 Å². The zero-order valence-corrected chi connectivity index (χ0v) is 16.1. The van der Waals surface area contributed by atoms with Gasteiger partial charge in [0.25, 0.3) is 0 Å². The second-order valence-electron chi connectivity index (χ2n) is 5.97. The van der Waals surface area contributed by atoms with Crippen LogP contribution in [0, 0.1) is 0 Å². The maximum Gasteiger partial charge on any atom is 0.322 e. The molecule has 0 aliphatic heterocycles. The minimum absolute atomic E-state index is 0.0730. The molecule has 0 aromatic heterocycles. The number of nitrogens with two attached hydrogens (primary N) is 2. The third kappa shape index (κ3) is 10.1. The molecule has 0 spiro atoms. The van der Waals surface area contributed by atoms with Crippen molar-refractivity contribution < 1.29 is 29.4 Å². The molecule has 0 saturated heterocycles. The average Bonchev–Trinajstić information content (AvgIpc) is 2.62. The summed E-state index contributed by atoms with van der Waals surface area (Å²) in [4.78, 5) is 47.0. The van der Waals surface area contributed by atoms with Crippen molar-refractivity contribution in [2.45, 2.75) is 50.4 Å². The number of carboxylic acids is 1. The van der Waals surface area contributed by atoms with Crippen LogP contribution in [0.15, 0.2) is 0 Å². The Morgan fingerprint density at radius 1 is 1.04 bits per heavy atom. The van der Waals surface area contributed by atoms with Crippen LogP contribution in [-0.4, -0.2) is 77.0 Å². The maximum atomic E-state index is 12.4. The molecular formula is C15H29N5O6S. The molecule has 0 radical (unpaired) electrons. The SMILES string of the molecule is CC(O)C(N)C(=O)NC(CS)C(=O)NC(CCCCN)C(=O)NCC(=O)O. The zero-order valence-electron chi connectivity index (χ0n) is 15.2. The van der Waals surface area contributed by atoms with Crippen molar-refractivity contribution in [3.05, 3.63) is 0 Å². The molecule has 0 aromatic rings. The molecule has 0 heterocycles. The third-order valence-electron chi connectivity index (χ3n) is 3.63. The summed E-state index contributed by atoms with van der Waals surface area (Å²) in [6.07, 6.45) is 0.287. The van der Waals surface area contributed by atoms with Crippen LogP contribution in [0.2, 0.25) is 0 Å². The number of rotatable bonds is 13. The molecule has 4 unspecified atom stereocenters. The van der Waals surface area contributed by atoms with Gasteiger partial charge in [-0.3, -0.25) is 19.2 Å². The number of aliphatic hydroxyl groups excluding tert-OH is 1. The fraction of sp³-hybridized carbons (Fsp3) is 0.733. The average molecular weight is 407 g/mol. The van der Waals surface area contributed by atoms with Gasteiger partial charge in [0.1, 0.15) is 24.7 Å². The second kappa shape index (κ2) is 13.3. The van der Waals surface area contributed by atoms with Crippen molar-refractivity contribution in [2.75, 3.05) is 18.8 Å². The molecule has 27 heavy (non-hydrogen) atoms. The van der Waals surface area contributed by atoms with Crippen molar-refractivity contribution in [3.8, 4) is 0 Å². The van der Waals surface area contributed by atoms with Gasteiger partial charge in [-0.2, -0.15) is 12.6 Å². The van der Waals surface area contributed by atoms with Crippen molar-refractivity contribution in [1.82, 2.24) is 16.0 Å². The number of aliphatic hydroxyl groups is 1. The molecule has 4 atom stereocenters. The van der Waals surface area contributed by atoms with Crippen LogP contribution in [0.3, 0.4) is 0 Å². The predicted molar refractivity (Wildman–Crippen MR) is 101 cm³/mol. The molecule has 0 fully saturated rings. The van der Waals surface area contributed by atoms with Gasteiger partial charge in [0.05, 0.1) is 6.10 Å². The summed E-state index contributed by atoms with van der Waals surface area (Å²) < 4.78 is 0. The molecule has 0 bridgehead atoms. The lowest BCUT2D eigenvalue weighted by molar-refractivity contribution is -0.138. The first-order valence-electron chi connectivity index (χ1n) is 8.48. The number of thiol groups is 1. The standard InChI is InChI=1S/C15H29N5O6S/c1-8(21)12(17)15(26)20-10(7-27)14(25)19-9(4-2-3-5-16)13(24)18-6-11(22)23/h8-10,12,21,27H,2-7,16-17H2,1H3,(H,18,24)(H,19,25)(H,20,26)(H,22,23). The number of unbranched alkanes of at least 4 members (excludes halogenated alkanes) is 1. The Morgan fingerprint density at radius 3 is 2.11 bits per heavy atom. The summed E-state index contributed by atoms with van der Waals surface area (Å²) in [5.74, 6) is -3.37. The lowest BCUT2D eigenvalue weighted by Gasteiger charge is -2.23. The largest absolute Gasteiger partial charge is 0.480 e. The molecule has 0 aromatic carbocycles. The van der Waals surface area contributed by atoms with Gasteiger partial charge >= 0.3 is 5.97 Å². The minimum atomic E-state index is -1.22. The monoisotopic (exact) mass is 407 g/mol. The van der Waals surface area contributed by atoms with Crippen LogP contribution in [0.5, 0.6) is 0 Å². The van der Waals surface area contributed by atoms with Gasteiger partial charge in [0.15, 0.2) is 0 Å². The highest BCUT2D eigenvalue weighted by atomic mass is 32.1. The van der Waals surface area contributed by atoms with Gasteiger partial charge in [0, 0.05) is 5.75 Å². The Hall–Kier alpha value is -1.89. The van der Waals surface area contributed by atoms with E-state index in [4.69, 9.17) is 16.6 Å². The maximum absolute atomic E-state index is 12.4. The van der Waals surface area contributed by atoms with E-state index in [1.54, 1.807) is 0 Å². The summed E-state index contributed by atoms with van der Waals surface area (Å²) in [6.45, 7) is 1.16. The first-order valence-corrected chi connectivity index (χ1v) is 9.12. The van der Waals surface area contributed by atoms with Gasteiger partial charge in [-0.25, -0.2) is 0 Å². The van der Waals surface area contributed by atoms with Gasteiger partial charge in [-0.15, -0.1) is 0 Å². The fourth-order valence-electron chi connectivity index (χ4n) is 2.00. The predicted octanol–water partition coefficient (Wildman–Crippen LogP) is -3.08. The number of hydrogen-bond acceptors (Lipinski definition) is 8. The first kappa shape index (κ1) is 25.1. The molecule has 0 saturated carbocycles. The van der Waals surface area contributed by atoms with E-state index in [2.05, 4.69) is 28.6 Å². The first-order chi connectivity index (χ1) is 12.6. The van der Waals surface area contributed by atoms with Crippen LogP contribution < -0.4 is 27.4 Å². The molecule has 0 aliphatic rings. The third-order valence-corrected chi connectivity index (χ3v) is 4.00. The van der Waals surface area contributed by atoms with Crippen LogP contribution in [0.1, 0.15) is 26.2 Å². The van der Waals surface area contributed by atoms with Crippen molar-refractivity contribution in [2.24, 2.45) is 11.5 Å². The highest BCUT2D eigenvalue weighted by molar-refractivity contribution is 7.80. The summed E-state index contributed by atoms with van der Waals surface area (Å²) in [5, 5.41) is 25.0. The van der Waals surface area contributed by atoms with E-state index in [1.165, 1.54) is 6.92 Å².